The van der Waals surface area contributed by atoms with E-state index in [0.29, 0.717) is 36.3 Å². The summed E-state index contributed by atoms with van der Waals surface area (Å²) >= 11 is 0. The summed E-state index contributed by atoms with van der Waals surface area (Å²) in [6.07, 6.45) is 3.37. The average Bonchev–Trinajstić information content (AvgIpc) is 3.02. The Morgan fingerprint density at radius 3 is 2.61 bits per heavy atom. The Labute approximate surface area is 168 Å². The maximum absolute atomic E-state index is 12.8. The molecule has 2 atom stereocenters. The number of aromatic nitrogens is 1. The van der Waals surface area contributed by atoms with E-state index < -0.39 is 6.04 Å². The summed E-state index contributed by atoms with van der Waals surface area (Å²) in [7, 11) is 2.09. The first-order valence-corrected chi connectivity index (χ1v) is 10.4. The highest BCUT2D eigenvalue weighted by Gasteiger charge is 2.28. The van der Waals surface area contributed by atoms with E-state index in [-0.39, 0.29) is 29.9 Å². The molecule has 1 aliphatic heterocycles. The van der Waals surface area contributed by atoms with Crippen LogP contribution in [0.15, 0.2) is 4.42 Å². The van der Waals surface area contributed by atoms with Crippen LogP contribution < -0.4 is 11.1 Å². The highest BCUT2D eigenvalue weighted by atomic mass is 16.4. The lowest BCUT2D eigenvalue weighted by Crippen LogP contribution is -2.43. The topological polar surface area (TPSA) is 101 Å². The Bertz CT molecular complexity index is 669. The second-order valence-corrected chi connectivity index (χ2v) is 8.90. The number of hydrogen-bond donors (Lipinski definition) is 2. The van der Waals surface area contributed by atoms with Gasteiger partial charge in [-0.3, -0.25) is 9.59 Å². The third kappa shape index (κ3) is 6.41. The van der Waals surface area contributed by atoms with Crippen LogP contribution in [0.25, 0.3) is 0 Å². The summed E-state index contributed by atoms with van der Waals surface area (Å²) in [4.78, 5) is 31.8. The van der Waals surface area contributed by atoms with E-state index in [1.165, 1.54) is 0 Å². The molecule has 0 radical (unpaired) electrons. The van der Waals surface area contributed by atoms with Gasteiger partial charge in [0.1, 0.15) is 0 Å². The lowest BCUT2D eigenvalue weighted by atomic mass is 9.98. The first-order valence-electron chi connectivity index (χ1n) is 10.4. The zero-order chi connectivity index (χ0) is 20.8. The lowest BCUT2D eigenvalue weighted by molar-refractivity contribution is -0.122. The summed E-state index contributed by atoms with van der Waals surface area (Å²) in [5.41, 5.74) is 6.59. The highest BCUT2D eigenvalue weighted by Crippen LogP contribution is 2.28. The SMILES string of the molecule is CC(C)Cc1nc(C2CCCN(C)C2)oc1C(=O)CNC(=O)C(N)CC(C)C. The van der Waals surface area contributed by atoms with Crippen molar-refractivity contribution in [3.8, 4) is 0 Å². The Kier molecular flexibility index (Phi) is 8.19. The molecule has 7 heteroatoms. The molecule has 28 heavy (non-hydrogen) atoms. The molecule has 0 aromatic carbocycles. The maximum Gasteiger partial charge on any atom is 0.237 e. The van der Waals surface area contributed by atoms with Crippen molar-refractivity contribution in [3.05, 3.63) is 17.3 Å². The van der Waals surface area contributed by atoms with Gasteiger partial charge in [-0.15, -0.1) is 0 Å². The molecule has 3 N–H and O–H groups in total. The first-order chi connectivity index (χ1) is 13.2. The van der Waals surface area contributed by atoms with E-state index >= 15 is 0 Å². The Balaban J connectivity index is 2.09. The number of likely N-dealkylation sites (tertiary alicyclic amines) is 1. The third-order valence-corrected chi connectivity index (χ3v) is 5.03. The maximum atomic E-state index is 12.8. The zero-order valence-corrected chi connectivity index (χ0v) is 18.0. The van der Waals surface area contributed by atoms with Crippen molar-refractivity contribution >= 4 is 11.7 Å². The van der Waals surface area contributed by atoms with Crippen LogP contribution in [0.5, 0.6) is 0 Å². The number of amides is 1. The van der Waals surface area contributed by atoms with Crippen LogP contribution in [-0.2, 0) is 11.2 Å². The molecule has 1 aromatic heterocycles. The van der Waals surface area contributed by atoms with Crippen LogP contribution >= 0.6 is 0 Å². The molecule has 1 fully saturated rings. The first kappa shape index (κ1) is 22.6. The number of likely N-dealkylation sites (N-methyl/N-ethyl adjacent to an activating group) is 1. The Morgan fingerprint density at radius 1 is 1.29 bits per heavy atom. The summed E-state index contributed by atoms with van der Waals surface area (Å²) in [5, 5.41) is 2.65. The number of rotatable bonds is 9. The lowest BCUT2D eigenvalue weighted by Gasteiger charge is -2.27. The second-order valence-electron chi connectivity index (χ2n) is 8.90. The van der Waals surface area contributed by atoms with Gasteiger partial charge in [-0.1, -0.05) is 27.7 Å². The van der Waals surface area contributed by atoms with Crippen molar-refractivity contribution in [2.75, 3.05) is 26.7 Å². The van der Waals surface area contributed by atoms with Gasteiger partial charge in [0.15, 0.2) is 11.7 Å². The molecule has 1 aliphatic rings. The van der Waals surface area contributed by atoms with E-state index in [9.17, 15) is 9.59 Å². The number of ketones is 1. The number of nitrogens with zero attached hydrogens (tertiary/aromatic N) is 2. The smallest absolute Gasteiger partial charge is 0.237 e. The summed E-state index contributed by atoms with van der Waals surface area (Å²) < 4.78 is 5.95. The van der Waals surface area contributed by atoms with Crippen molar-refractivity contribution in [1.29, 1.82) is 0 Å². The molecule has 7 nitrogen and oxygen atoms in total. The van der Waals surface area contributed by atoms with E-state index in [0.717, 1.165) is 25.9 Å². The molecule has 0 aliphatic carbocycles. The molecule has 0 saturated carbocycles. The van der Waals surface area contributed by atoms with Crippen LogP contribution in [0.3, 0.4) is 0 Å². The minimum absolute atomic E-state index is 0.116. The van der Waals surface area contributed by atoms with E-state index in [2.05, 4.69) is 36.1 Å². The minimum atomic E-state index is -0.606. The van der Waals surface area contributed by atoms with Crippen molar-refractivity contribution in [1.82, 2.24) is 15.2 Å². The highest BCUT2D eigenvalue weighted by molar-refractivity contribution is 5.98. The Morgan fingerprint density at radius 2 is 2.00 bits per heavy atom. The monoisotopic (exact) mass is 392 g/mol. The van der Waals surface area contributed by atoms with Gasteiger partial charge >= 0.3 is 0 Å². The molecule has 158 valence electrons. The number of carbonyl (C=O) groups is 2. The number of nitrogens with two attached hydrogens (primary N) is 1. The number of hydrogen-bond acceptors (Lipinski definition) is 6. The number of nitrogens with one attached hydrogen (secondary N) is 1. The summed E-state index contributed by atoms with van der Waals surface area (Å²) in [5.74, 6) is 1.26. The van der Waals surface area contributed by atoms with Crippen molar-refractivity contribution in [2.24, 2.45) is 17.6 Å². The van der Waals surface area contributed by atoms with Gasteiger partial charge in [0.25, 0.3) is 0 Å². The van der Waals surface area contributed by atoms with Crippen LogP contribution in [0.2, 0.25) is 0 Å². The van der Waals surface area contributed by atoms with Gasteiger partial charge in [0, 0.05) is 12.5 Å². The third-order valence-electron chi connectivity index (χ3n) is 5.03. The normalized spacial score (nSPS) is 19.2. The zero-order valence-electron chi connectivity index (χ0n) is 18.0. The molecular weight excluding hydrogens is 356 g/mol. The minimum Gasteiger partial charge on any atom is -0.437 e. The van der Waals surface area contributed by atoms with Gasteiger partial charge in [0.05, 0.1) is 18.3 Å². The van der Waals surface area contributed by atoms with E-state index in [1.54, 1.807) is 0 Å². The standard InChI is InChI=1S/C21H36N4O3/c1-13(2)9-16(22)20(27)23-11-18(26)19-17(10-14(3)4)24-21(28-19)15-7-6-8-25(5)12-15/h13-16H,6-12,22H2,1-5H3,(H,23,27). The molecule has 1 amide bonds. The van der Waals surface area contributed by atoms with Crippen molar-refractivity contribution in [2.45, 2.75) is 65.3 Å². The summed E-state index contributed by atoms with van der Waals surface area (Å²) in [6, 6.07) is -0.606. The quantitative estimate of drug-likeness (QED) is 0.626. The van der Waals surface area contributed by atoms with Gasteiger partial charge in [-0.2, -0.15) is 0 Å². The van der Waals surface area contributed by atoms with Crippen LogP contribution in [0, 0.1) is 11.8 Å². The number of carbonyl (C=O) groups excluding carboxylic acids is 2. The molecule has 2 heterocycles. The van der Waals surface area contributed by atoms with Crippen LogP contribution in [0.4, 0.5) is 0 Å². The molecule has 1 aromatic rings. The molecular formula is C21H36N4O3. The van der Waals surface area contributed by atoms with Crippen LogP contribution in [-0.4, -0.2) is 54.3 Å². The van der Waals surface area contributed by atoms with Crippen molar-refractivity contribution < 1.29 is 14.0 Å². The molecule has 0 spiro atoms. The second kappa shape index (κ2) is 10.2. The van der Waals surface area contributed by atoms with Gasteiger partial charge < -0.3 is 20.4 Å². The Hall–Kier alpha value is -1.73. The fraction of sp³-hybridized carbons (Fsp3) is 0.762. The predicted molar refractivity (Wildman–Crippen MR) is 109 cm³/mol. The molecule has 2 unspecified atom stereocenters. The largest absolute Gasteiger partial charge is 0.437 e. The van der Waals surface area contributed by atoms with Gasteiger partial charge in [0.2, 0.25) is 11.7 Å². The number of Topliss-reactive ketones (excluding diaryl/α,β-unsaturated/α-hetero) is 1. The molecule has 2 rings (SSSR count). The van der Waals surface area contributed by atoms with E-state index in [4.69, 9.17) is 10.2 Å². The van der Waals surface area contributed by atoms with Gasteiger partial charge in [-0.05, 0) is 51.1 Å². The molecule has 0 bridgehead atoms. The predicted octanol–water partition coefficient (Wildman–Crippen LogP) is 2.35. The van der Waals surface area contributed by atoms with E-state index in [1.807, 2.05) is 13.8 Å². The number of oxazole rings is 1. The molecule has 1 saturated heterocycles. The van der Waals surface area contributed by atoms with Crippen molar-refractivity contribution in [3.63, 3.8) is 0 Å². The van der Waals surface area contributed by atoms with Crippen LogP contribution in [0.1, 0.15) is 75.0 Å². The fourth-order valence-corrected chi connectivity index (χ4v) is 3.65. The summed E-state index contributed by atoms with van der Waals surface area (Å²) in [6.45, 7) is 10.0. The number of piperidine rings is 1. The van der Waals surface area contributed by atoms with Gasteiger partial charge in [-0.25, -0.2) is 4.98 Å². The average molecular weight is 393 g/mol. The fourth-order valence-electron chi connectivity index (χ4n) is 3.65.